The Bertz CT molecular complexity index is 733. The van der Waals surface area contributed by atoms with Gasteiger partial charge in [0.25, 0.3) is 5.91 Å². The molecule has 0 radical (unpaired) electrons. The third-order valence-electron chi connectivity index (χ3n) is 4.68. The van der Waals surface area contributed by atoms with Crippen LogP contribution in [0.1, 0.15) is 55.2 Å². The summed E-state index contributed by atoms with van der Waals surface area (Å²) >= 11 is 0. The molecule has 1 fully saturated rings. The number of pyridine rings is 1. The number of nitrogens with two attached hydrogens (primary N) is 1. The van der Waals surface area contributed by atoms with Crippen molar-refractivity contribution in [3.05, 3.63) is 23.5 Å². The molecular formula is C17H27Cl2N5O. The summed E-state index contributed by atoms with van der Waals surface area (Å²) in [6.45, 7) is 7.55. The van der Waals surface area contributed by atoms with E-state index in [1.165, 1.54) is 0 Å². The van der Waals surface area contributed by atoms with E-state index < -0.39 is 0 Å². The van der Waals surface area contributed by atoms with Crippen LogP contribution in [0.4, 0.5) is 0 Å². The number of amides is 1. The number of nitrogens with zero attached hydrogens (tertiary/aromatic N) is 4. The number of piperidine rings is 1. The monoisotopic (exact) mass is 387 g/mol. The summed E-state index contributed by atoms with van der Waals surface area (Å²) < 4.78 is 1.92. The van der Waals surface area contributed by atoms with Crippen molar-refractivity contribution < 1.29 is 4.79 Å². The fraction of sp³-hybridized carbons (Fsp3) is 0.588. The van der Waals surface area contributed by atoms with Gasteiger partial charge in [0.05, 0.1) is 23.2 Å². The number of hydrogen-bond donors (Lipinski definition) is 1. The van der Waals surface area contributed by atoms with Gasteiger partial charge in [-0.3, -0.25) is 4.79 Å². The van der Waals surface area contributed by atoms with E-state index in [0.29, 0.717) is 12.1 Å². The van der Waals surface area contributed by atoms with Gasteiger partial charge < -0.3 is 10.6 Å². The first-order chi connectivity index (χ1) is 11.0. The lowest BCUT2D eigenvalue weighted by molar-refractivity contribution is 0.0710. The molecule has 2 unspecified atom stereocenters. The largest absolute Gasteiger partial charge is 0.337 e. The maximum Gasteiger partial charge on any atom is 0.254 e. The number of hydrogen-bond acceptors (Lipinski definition) is 4. The normalized spacial score (nSPS) is 18.4. The highest BCUT2D eigenvalue weighted by atomic mass is 35.5. The Morgan fingerprint density at radius 1 is 1.44 bits per heavy atom. The fourth-order valence-electron chi connectivity index (χ4n) is 3.18. The molecule has 1 aliphatic rings. The summed E-state index contributed by atoms with van der Waals surface area (Å²) in [6, 6.07) is 2.20. The van der Waals surface area contributed by atoms with Crippen LogP contribution in [0.15, 0.2) is 12.3 Å². The highest BCUT2D eigenvalue weighted by molar-refractivity contribution is 6.05. The Morgan fingerprint density at radius 2 is 2.16 bits per heavy atom. The van der Waals surface area contributed by atoms with E-state index in [2.05, 4.69) is 23.9 Å². The molecule has 2 N–H and O–H groups in total. The first kappa shape index (κ1) is 21.7. The van der Waals surface area contributed by atoms with Crippen molar-refractivity contribution in [1.29, 1.82) is 0 Å². The van der Waals surface area contributed by atoms with Crippen LogP contribution in [0.25, 0.3) is 11.0 Å². The van der Waals surface area contributed by atoms with Crippen LogP contribution < -0.4 is 5.73 Å². The van der Waals surface area contributed by atoms with Gasteiger partial charge in [0.2, 0.25) is 0 Å². The molecule has 6 nitrogen and oxygen atoms in total. The van der Waals surface area contributed by atoms with Gasteiger partial charge in [-0.25, -0.2) is 9.67 Å². The molecule has 0 aromatic carbocycles. The quantitative estimate of drug-likeness (QED) is 0.877. The Labute approximate surface area is 161 Å². The number of carbonyl (C=O) groups is 1. The van der Waals surface area contributed by atoms with Gasteiger partial charge in [0, 0.05) is 24.8 Å². The van der Waals surface area contributed by atoms with E-state index in [1.54, 1.807) is 6.20 Å². The number of fused-ring (bicyclic) bond motifs is 1. The summed E-state index contributed by atoms with van der Waals surface area (Å²) in [5, 5.41) is 5.30. The lowest BCUT2D eigenvalue weighted by Gasteiger charge is -2.31. The second kappa shape index (κ2) is 8.83. The molecule has 3 heterocycles. The molecule has 8 heteroatoms. The van der Waals surface area contributed by atoms with Crippen molar-refractivity contribution in [2.45, 2.75) is 52.1 Å². The zero-order chi connectivity index (χ0) is 16.6. The first-order valence-corrected chi connectivity index (χ1v) is 8.41. The number of likely N-dealkylation sites (tertiary alicyclic amines) is 1. The predicted molar refractivity (Wildman–Crippen MR) is 105 cm³/mol. The topological polar surface area (TPSA) is 77.0 Å². The van der Waals surface area contributed by atoms with Gasteiger partial charge in [-0.2, -0.15) is 5.10 Å². The number of carbonyl (C=O) groups excluding carboxylic acids is 1. The molecule has 0 saturated carbocycles. The minimum Gasteiger partial charge on any atom is -0.337 e. The van der Waals surface area contributed by atoms with Gasteiger partial charge in [0.1, 0.15) is 0 Å². The third-order valence-corrected chi connectivity index (χ3v) is 4.68. The van der Waals surface area contributed by atoms with Crippen LogP contribution in [-0.4, -0.2) is 44.7 Å². The number of aromatic nitrogens is 3. The maximum absolute atomic E-state index is 13.0. The Kier molecular flexibility index (Phi) is 7.65. The van der Waals surface area contributed by atoms with Gasteiger partial charge in [-0.15, -0.1) is 24.8 Å². The minimum absolute atomic E-state index is 0. The van der Waals surface area contributed by atoms with Crippen LogP contribution in [0.3, 0.4) is 0 Å². The zero-order valence-electron chi connectivity index (χ0n) is 14.9. The fourth-order valence-corrected chi connectivity index (χ4v) is 3.18. The molecule has 0 spiro atoms. The van der Waals surface area contributed by atoms with Crippen molar-refractivity contribution >= 4 is 41.8 Å². The Morgan fingerprint density at radius 3 is 2.80 bits per heavy atom. The molecule has 0 aliphatic carbocycles. The van der Waals surface area contributed by atoms with Gasteiger partial charge in [-0.05, 0) is 39.2 Å². The van der Waals surface area contributed by atoms with Crippen molar-refractivity contribution in [2.75, 3.05) is 13.1 Å². The number of rotatable bonds is 3. The van der Waals surface area contributed by atoms with E-state index in [9.17, 15) is 4.79 Å². The Hall–Kier alpha value is -1.37. The van der Waals surface area contributed by atoms with Crippen LogP contribution in [0, 0.1) is 6.92 Å². The zero-order valence-corrected chi connectivity index (χ0v) is 16.6. The number of aryl methyl sites for hydroxylation is 1. The standard InChI is InChI=1S/C17H25N5O.2ClH/c1-4-12(3)22-16-15(9-19-22)14(8-11(2)20-16)17(23)21-7-5-6-13(18)10-21;;/h8-9,12-13H,4-7,10,18H2,1-3H3;2*1H. The van der Waals surface area contributed by atoms with Crippen molar-refractivity contribution in [1.82, 2.24) is 19.7 Å². The summed E-state index contributed by atoms with van der Waals surface area (Å²) in [4.78, 5) is 19.4. The first-order valence-electron chi connectivity index (χ1n) is 8.41. The molecule has 1 amide bonds. The van der Waals surface area contributed by atoms with Gasteiger partial charge >= 0.3 is 0 Å². The van der Waals surface area contributed by atoms with E-state index >= 15 is 0 Å². The molecule has 2 aromatic heterocycles. The summed E-state index contributed by atoms with van der Waals surface area (Å²) in [7, 11) is 0. The lowest BCUT2D eigenvalue weighted by Crippen LogP contribution is -2.45. The Balaban J connectivity index is 0.00000156. The molecule has 0 bridgehead atoms. The van der Waals surface area contributed by atoms with Crippen LogP contribution in [-0.2, 0) is 0 Å². The molecule has 3 rings (SSSR count). The van der Waals surface area contributed by atoms with Crippen LogP contribution >= 0.6 is 24.8 Å². The van der Waals surface area contributed by atoms with Crippen LogP contribution in [0.5, 0.6) is 0 Å². The molecule has 1 aliphatic heterocycles. The maximum atomic E-state index is 13.0. The minimum atomic E-state index is 0. The summed E-state index contributed by atoms with van der Waals surface area (Å²) in [5.41, 5.74) is 8.35. The molecule has 1 saturated heterocycles. The third kappa shape index (κ3) is 4.25. The van der Waals surface area contributed by atoms with E-state index in [0.717, 1.165) is 42.5 Å². The molecule has 140 valence electrons. The SMILES string of the molecule is CCC(C)n1ncc2c(C(=O)N3CCCC(N)C3)cc(C)nc21.Cl.Cl. The lowest BCUT2D eigenvalue weighted by atomic mass is 10.0. The molecule has 2 atom stereocenters. The van der Waals surface area contributed by atoms with E-state index in [4.69, 9.17) is 5.73 Å². The predicted octanol–water partition coefficient (Wildman–Crippen LogP) is 3.12. The number of halogens is 2. The highest BCUT2D eigenvalue weighted by Crippen LogP contribution is 2.24. The van der Waals surface area contributed by atoms with Crippen molar-refractivity contribution in [3.8, 4) is 0 Å². The second-order valence-electron chi connectivity index (χ2n) is 6.55. The van der Waals surface area contributed by atoms with Gasteiger partial charge in [0.15, 0.2) is 5.65 Å². The van der Waals surface area contributed by atoms with Crippen molar-refractivity contribution in [2.24, 2.45) is 5.73 Å². The molecule has 2 aromatic rings. The summed E-state index contributed by atoms with van der Waals surface area (Å²) in [5.74, 6) is 0.0411. The van der Waals surface area contributed by atoms with E-state index in [-0.39, 0.29) is 42.8 Å². The van der Waals surface area contributed by atoms with Gasteiger partial charge in [-0.1, -0.05) is 6.92 Å². The molecular weight excluding hydrogens is 361 g/mol. The average Bonchev–Trinajstić information content (AvgIpc) is 2.96. The smallest absolute Gasteiger partial charge is 0.254 e. The highest BCUT2D eigenvalue weighted by Gasteiger charge is 2.25. The van der Waals surface area contributed by atoms with Crippen LogP contribution in [0.2, 0.25) is 0 Å². The summed E-state index contributed by atoms with van der Waals surface area (Å²) in [6.07, 6.45) is 4.69. The van der Waals surface area contributed by atoms with Crippen molar-refractivity contribution in [3.63, 3.8) is 0 Å². The second-order valence-corrected chi connectivity index (χ2v) is 6.55. The average molecular weight is 388 g/mol. The molecule has 25 heavy (non-hydrogen) atoms. The van der Waals surface area contributed by atoms with E-state index in [1.807, 2.05) is 22.6 Å².